The van der Waals surface area contributed by atoms with Crippen LogP contribution in [0.5, 0.6) is 5.75 Å². The summed E-state index contributed by atoms with van der Waals surface area (Å²) in [4.78, 5) is 15.1. The molecule has 7 heteroatoms. The van der Waals surface area contributed by atoms with E-state index in [1.54, 1.807) is 7.11 Å². The smallest absolute Gasteiger partial charge is 0.237 e. The van der Waals surface area contributed by atoms with Crippen LogP contribution in [0.4, 0.5) is 5.69 Å². The molecular weight excluding hydrogens is 432 g/mol. The highest BCUT2D eigenvalue weighted by Gasteiger charge is 2.19. The van der Waals surface area contributed by atoms with Gasteiger partial charge in [0, 0.05) is 17.8 Å². The average molecular weight is 459 g/mol. The summed E-state index contributed by atoms with van der Waals surface area (Å²) in [7, 11) is 1.64. The molecule has 0 N–H and O–H groups in total. The molecule has 33 heavy (non-hydrogen) atoms. The van der Waals surface area contributed by atoms with E-state index in [4.69, 9.17) is 4.74 Å². The van der Waals surface area contributed by atoms with Gasteiger partial charge in [-0.05, 0) is 48.9 Å². The number of nitrogens with zero attached hydrogens (tertiary/aromatic N) is 4. The van der Waals surface area contributed by atoms with E-state index in [2.05, 4.69) is 10.2 Å². The summed E-state index contributed by atoms with van der Waals surface area (Å²) >= 11 is 1.41. The van der Waals surface area contributed by atoms with Gasteiger partial charge in [0.2, 0.25) is 5.91 Å². The number of para-hydroxylation sites is 1. The van der Waals surface area contributed by atoms with E-state index in [1.165, 1.54) is 11.8 Å². The first-order valence-electron chi connectivity index (χ1n) is 10.8. The van der Waals surface area contributed by atoms with Crippen molar-refractivity contribution in [3.63, 3.8) is 0 Å². The lowest BCUT2D eigenvalue weighted by molar-refractivity contribution is -0.116. The first kappa shape index (κ1) is 22.6. The molecule has 0 bridgehead atoms. The van der Waals surface area contributed by atoms with Crippen LogP contribution in [-0.4, -0.2) is 33.5 Å². The van der Waals surface area contributed by atoms with Gasteiger partial charge in [0.25, 0.3) is 0 Å². The Balaban J connectivity index is 1.52. The van der Waals surface area contributed by atoms with Gasteiger partial charge >= 0.3 is 0 Å². The zero-order valence-electron chi connectivity index (χ0n) is 18.7. The number of carbonyl (C=O) groups is 1. The third-order valence-electron chi connectivity index (χ3n) is 5.26. The van der Waals surface area contributed by atoms with E-state index in [0.717, 1.165) is 33.5 Å². The molecule has 168 valence electrons. The molecule has 0 unspecified atom stereocenters. The first-order valence-corrected chi connectivity index (χ1v) is 11.8. The molecule has 0 saturated heterocycles. The lowest BCUT2D eigenvalue weighted by Crippen LogP contribution is -2.32. The normalized spacial score (nSPS) is 10.7. The van der Waals surface area contributed by atoms with Gasteiger partial charge in [-0.3, -0.25) is 4.79 Å². The quantitative estimate of drug-likeness (QED) is 0.319. The Labute approximate surface area is 198 Å². The van der Waals surface area contributed by atoms with Crippen molar-refractivity contribution in [2.24, 2.45) is 0 Å². The fourth-order valence-electron chi connectivity index (χ4n) is 3.54. The average Bonchev–Trinajstić information content (AvgIpc) is 3.30. The minimum Gasteiger partial charge on any atom is -0.497 e. The zero-order chi connectivity index (χ0) is 23.0. The van der Waals surface area contributed by atoms with Crippen LogP contribution in [0.25, 0.3) is 11.4 Å². The number of rotatable bonds is 9. The second-order valence-corrected chi connectivity index (χ2v) is 8.31. The van der Waals surface area contributed by atoms with E-state index in [0.29, 0.717) is 13.1 Å². The number of amides is 1. The van der Waals surface area contributed by atoms with Crippen LogP contribution in [-0.2, 0) is 17.9 Å². The lowest BCUT2D eigenvalue weighted by Gasteiger charge is -2.23. The SMILES string of the molecule is CCn1c(SCC(=O)N(Cc2ccccc2)c2ccccc2)nnc1-c1ccc(OC)cc1. The van der Waals surface area contributed by atoms with Gasteiger partial charge in [-0.2, -0.15) is 0 Å². The molecule has 3 aromatic carbocycles. The van der Waals surface area contributed by atoms with Gasteiger partial charge in [0.1, 0.15) is 5.75 Å². The number of hydrogen-bond donors (Lipinski definition) is 0. The second-order valence-electron chi connectivity index (χ2n) is 7.37. The molecule has 1 aromatic heterocycles. The maximum absolute atomic E-state index is 13.3. The fourth-order valence-corrected chi connectivity index (χ4v) is 4.41. The van der Waals surface area contributed by atoms with Crippen LogP contribution in [0.15, 0.2) is 90.1 Å². The second kappa shape index (κ2) is 10.8. The fraction of sp³-hybridized carbons (Fsp3) is 0.192. The van der Waals surface area contributed by atoms with E-state index in [-0.39, 0.29) is 11.7 Å². The predicted molar refractivity (Wildman–Crippen MR) is 132 cm³/mol. The standard InChI is InChI=1S/C26H26N4O2S/c1-3-29-25(21-14-16-23(32-2)17-15-21)27-28-26(29)33-19-24(31)30(22-12-8-5-9-13-22)18-20-10-6-4-7-11-20/h4-17H,3,18-19H2,1-2H3. The molecule has 0 radical (unpaired) electrons. The molecule has 0 saturated carbocycles. The Morgan fingerprint density at radius 3 is 2.24 bits per heavy atom. The summed E-state index contributed by atoms with van der Waals surface area (Å²) in [5.41, 5.74) is 2.92. The summed E-state index contributed by atoms with van der Waals surface area (Å²) < 4.78 is 7.28. The van der Waals surface area contributed by atoms with Crippen molar-refractivity contribution in [3.05, 3.63) is 90.5 Å². The van der Waals surface area contributed by atoms with Crippen molar-refractivity contribution in [2.75, 3.05) is 17.8 Å². The van der Waals surface area contributed by atoms with Crippen LogP contribution in [0.1, 0.15) is 12.5 Å². The number of methoxy groups -OCH3 is 1. The molecule has 0 spiro atoms. The highest BCUT2D eigenvalue weighted by molar-refractivity contribution is 7.99. The van der Waals surface area contributed by atoms with Crippen molar-refractivity contribution in [3.8, 4) is 17.1 Å². The van der Waals surface area contributed by atoms with Gasteiger partial charge in [0.05, 0.1) is 19.4 Å². The Morgan fingerprint density at radius 1 is 0.939 bits per heavy atom. The van der Waals surface area contributed by atoms with Crippen LogP contribution < -0.4 is 9.64 Å². The molecule has 4 rings (SSSR count). The van der Waals surface area contributed by atoms with Crippen LogP contribution >= 0.6 is 11.8 Å². The molecule has 1 heterocycles. The highest BCUT2D eigenvalue weighted by Crippen LogP contribution is 2.26. The number of ether oxygens (including phenoxy) is 1. The molecule has 6 nitrogen and oxygen atoms in total. The topological polar surface area (TPSA) is 60.2 Å². The van der Waals surface area contributed by atoms with Crippen molar-refractivity contribution in [2.45, 2.75) is 25.2 Å². The predicted octanol–water partition coefficient (Wildman–Crippen LogP) is 5.30. The third-order valence-corrected chi connectivity index (χ3v) is 6.21. The first-order chi connectivity index (χ1) is 16.2. The summed E-state index contributed by atoms with van der Waals surface area (Å²) in [6.45, 7) is 3.27. The van der Waals surface area contributed by atoms with E-state index in [9.17, 15) is 4.79 Å². The number of aromatic nitrogens is 3. The lowest BCUT2D eigenvalue weighted by atomic mass is 10.2. The van der Waals surface area contributed by atoms with Gasteiger partial charge in [0.15, 0.2) is 11.0 Å². The van der Waals surface area contributed by atoms with E-state index in [1.807, 2.05) is 101 Å². The summed E-state index contributed by atoms with van der Waals surface area (Å²) in [6, 6.07) is 27.5. The van der Waals surface area contributed by atoms with Gasteiger partial charge in [-0.15, -0.1) is 10.2 Å². The largest absolute Gasteiger partial charge is 0.497 e. The number of hydrogen-bond acceptors (Lipinski definition) is 5. The van der Waals surface area contributed by atoms with Crippen LogP contribution in [0.3, 0.4) is 0 Å². The molecule has 1 amide bonds. The maximum atomic E-state index is 13.3. The van der Waals surface area contributed by atoms with E-state index < -0.39 is 0 Å². The van der Waals surface area contributed by atoms with Crippen molar-refractivity contribution >= 4 is 23.4 Å². The van der Waals surface area contributed by atoms with Crippen LogP contribution in [0, 0.1) is 0 Å². The molecule has 4 aromatic rings. The number of thioether (sulfide) groups is 1. The van der Waals surface area contributed by atoms with Crippen molar-refractivity contribution < 1.29 is 9.53 Å². The number of carbonyl (C=O) groups excluding carboxylic acids is 1. The minimum absolute atomic E-state index is 0.0201. The Hall–Kier alpha value is -3.58. The highest BCUT2D eigenvalue weighted by atomic mass is 32.2. The number of anilines is 1. The number of benzene rings is 3. The van der Waals surface area contributed by atoms with E-state index >= 15 is 0 Å². The van der Waals surface area contributed by atoms with Crippen molar-refractivity contribution in [1.29, 1.82) is 0 Å². The Kier molecular flexibility index (Phi) is 7.42. The molecule has 0 fully saturated rings. The molecular formula is C26H26N4O2S. The van der Waals surface area contributed by atoms with Gasteiger partial charge in [-0.1, -0.05) is 60.3 Å². The van der Waals surface area contributed by atoms with Crippen LogP contribution in [0.2, 0.25) is 0 Å². The van der Waals surface area contributed by atoms with Crippen molar-refractivity contribution in [1.82, 2.24) is 14.8 Å². The maximum Gasteiger partial charge on any atom is 0.237 e. The van der Waals surface area contributed by atoms with Gasteiger partial charge in [-0.25, -0.2) is 0 Å². The molecule has 0 aliphatic heterocycles. The summed E-state index contributed by atoms with van der Waals surface area (Å²) in [6.07, 6.45) is 0. The summed E-state index contributed by atoms with van der Waals surface area (Å²) in [5.74, 6) is 1.86. The summed E-state index contributed by atoms with van der Waals surface area (Å²) in [5, 5.41) is 9.48. The Bertz CT molecular complexity index is 1180. The monoisotopic (exact) mass is 458 g/mol. The molecule has 0 aliphatic carbocycles. The minimum atomic E-state index is 0.0201. The van der Waals surface area contributed by atoms with Gasteiger partial charge < -0.3 is 14.2 Å². The Morgan fingerprint density at radius 2 is 1.61 bits per heavy atom. The third kappa shape index (κ3) is 5.43. The molecule has 0 aliphatic rings. The molecule has 0 atom stereocenters. The zero-order valence-corrected chi connectivity index (χ0v) is 19.5.